The molecular formula is C13H12ClNO2S. The van der Waals surface area contributed by atoms with Gasteiger partial charge in [-0.2, -0.15) is 0 Å². The van der Waals surface area contributed by atoms with E-state index in [1.807, 2.05) is 17.5 Å². The number of nitrogen functional groups attached to an aromatic ring is 1. The molecule has 0 fully saturated rings. The van der Waals surface area contributed by atoms with Gasteiger partial charge in [0.15, 0.2) is 0 Å². The van der Waals surface area contributed by atoms with Gasteiger partial charge >= 0.3 is 5.97 Å². The number of rotatable bonds is 3. The van der Waals surface area contributed by atoms with Gasteiger partial charge in [0, 0.05) is 16.0 Å². The lowest BCUT2D eigenvalue weighted by Gasteiger charge is -2.05. The number of benzene rings is 1. The molecule has 1 aromatic heterocycles. The van der Waals surface area contributed by atoms with E-state index in [1.54, 1.807) is 19.1 Å². The smallest absolute Gasteiger partial charge is 0.341 e. The van der Waals surface area contributed by atoms with Crippen LogP contribution in [0.3, 0.4) is 0 Å². The summed E-state index contributed by atoms with van der Waals surface area (Å²) in [5.74, 6) is -0.397. The van der Waals surface area contributed by atoms with Gasteiger partial charge < -0.3 is 10.5 Å². The number of carbonyl (C=O) groups is 1. The molecule has 3 nitrogen and oxygen atoms in total. The topological polar surface area (TPSA) is 52.3 Å². The molecule has 0 amide bonds. The van der Waals surface area contributed by atoms with Crippen LogP contribution >= 0.6 is 22.9 Å². The summed E-state index contributed by atoms with van der Waals surface area (Å²) in [6.45, 7) is 2.09. The first-order valence-corrected chi connectivity index (χ1v) is 6.69. The van der Waals surface area contributed by atoms with Crippen LogP contribution in [0.15, 0.2) is 29.6 Å². The minimum atomic E-state index is -0.397. The number of nitrogens with two attached hydrogens (primary N) is 1. The first kappa shape index (κ1) is 12.9. The maximum absolute atomic E-state index is 11.9. The standard InChI is InChI=1S/C13H12ClNO2S/c1-2-17-13(16)11-10(7-18-12(11)15)8-4-3-5-9(14)6-8/h3-7H,2,15H2,1H3. The van der Waals surface area contributed by atoms with Crippen molar-refractivity contribution >= 4 is 33.9 Å². The fourth-order valence-electron chi connectivity index (χ4n) is 1.66. The highest BCUT2D eigenvalue weighted by Crippen LogP contribution is 2.35. The van der Waals surface area contributed by atoms with Crippen LogP contribution in [0.5, 0.6) is 0 Å². The van der Waals surface area contributed by atoms with E-state index >= 15 is 0 Å². The Labute approximate surface area is 114 Å². The van der Waals surface area contributed by atoms with Crippen molar-refractivity contribution in [3.05, 3.63) is 40.2 Å². The van der Waals surface area contributed by atoms with Crippen molar-refractivity contribution in [3.8, 4) is 11.1 Å². The molecule has 0 atom stereocenters. The summed E-state index contributed by atoms with van der Waals surface area (Å²) < 4.78 is 5.01. The Morgan fingerprint density at radius 3 is 2.94 bits per heavy atom. The molecule has 0 radical (unpaired) electrons. The lowest BCUT2D eigenvalue weighted by molar-refractivity contribution is 0.0529. The van der Waals surface area contributed by atoms with Gasteiger partial charge in [-0.05, 0) is 24.6 Å². The zero-order valence-corrected chi connectivity index (χ0v) is 11.3. The third kappa shape index (κ3) is 2.49. The molecule has 2 N–H and O–H groups in total. The summed E-state index contributed by atoms with van der Waals surface area (Å²) in [6.07, 6.45) is 0. The van der Waals surface area contributed by atoms with Crippen molar-refractivity contribution in [1.82, 2.24) is 0 Å². The van der Waals surface area contributed by atoms with Crippen LogP contribution in [-0.2, 0) is 4.74 Å². The Morgan fingerprint density at radius 2 is 2.28 bits per heavy atom. The van der Waals surface area contributed by atoms with E-state index in [1.165, 1.54) is 11.3 Å². The number of hydrogen-bond acceptors (Lipinski definition) is 4. The van der Waals surface area contributed by atoms with Crippen molar-refractivity contribution in [3.63, 3.8) is 0 Å². The first-order chi connectivity index (χ1) is 8.63. The lowest BCUT2D eigenvalue weighted by atomic mass is 10.0. The summed E-state index contributed by atoms with van der Waals surface area (Å²) in [4.78, 5) is 11.9. The molecule has 0 bridgehead atoms. The summed E-state index contributed by atoms with van der Waals surface area (Å²) in [7, 11) is 0. The highest BCUT2D eigenvalue weighted by atomic mass is 35.5. The Hall–Kier alpha value is -1.52. The van der Waals surface area contributed by atoms with E-state index in [9.17, 15) is 4.79 Å². The molecule has 0 aliphatic carbocycles. The number of halogens is 1. The maximum atomic E-state index is 11.9. The summed E-state index contributed by atoms with van der Waals surface area (Å²) in [5, 5.41) is 2.92. The normalized spacial score (nSPS) is 10.3. The van der Waals surface area contributed by atoms with E-state index in [-0.39, 0.29) is 0 Å². The second kappa shape index (κ2) is 5.42. The molecule has 0 spiro atoms. The largest absolute Gasteiger partial charge is 0.462 e. The summed E-state index contributed by atoms with van der Waals surface area (Å²) in [6, 6.07) is 7.30. The van der Waals surface area contributed by atoms with Gasteiger partial charge in [0.05, 0.1) is 6.61 Å². The molecule has 0 aliphatic rings. The van der Waals surface area contributed by atoms with Crippen LogP contribution in [0.4, 0.5) is 5.00 Å². The van der Waals surface area contributed by atoms with Gasteiger partial charge in [0.25, 0.3) is 0 Å². The third-order valence-electron chi connectivity index (χ3n) is 2.43. The van der Waals surface area contributed by atoms with Crippen LogP contribution in [-0.4, -0.2) is 12.6 Å². The predicted octanol–water partition coefficient (Wildman–Crippen LogP) is 3.83. The number of hydrogen-bond donors (Lipinski definition) is 1. The number of ether oxygens (including phenoxy) is 1. The molecule has 0 aliphatic heterocycles. The number of thiophene rings is 1. The second-order valence-electron chi connectivity index (χ2n) is 3.62. The van der Waals surface area contributed by atoms with E-state index in [4.69, 9.17) is 22.1 Å². The van der Waals surface area contributed by atoms with Gasteiger partial charge in [-0.1, -0.05) is 23.7 Å². The predicted molar refractivity (Wildman–Crippen MR) is 75.1 cm³/mol. The van der Waals surface area contributed by atoms with Gasteiger partial charge in [-0.3, -0.25) is 0 Å². The second-order valence-corrected chi connectivity index (χ2v) is 4.97. The van der Waals surface area contributed by atoms with Crippen molar-refractivity contribution in [1.29, 1.82) is 0 Å². The highest BCUT2D eigenvalue weighted by Gasteiger charge is 2.19. The molecule has 2 aromatic rings. The van der Waals surface area contributed by atoms with Crippen molar-refractivity contribution in [2.24, 2.45) is 0 Å². The molecule has 0 saturated heterocycles. The lowest BCUT2D eigenvalue weighted by Crippen LogP contribution is -2.07. The Morgan fingerprint density at radius 1 is 1.50 bits per heavy atom. The van der Waals surface area contributed by atoms with E-state index in [0.29, 0.717) is 22.2 Å². The van der Waals surface area contributed by atoms with E-state index < -0.39 is 5.97 Å². The third-order valence-corrected chi connectivity index (χ3v) is 3.48. The van der Waals surface area contributed by atoms with Crippen molar-refractivity contribution in [2.75, 3.05) is 12.3 Å². The Balaban J connectivity index is 2.49. The first-order valence-electron chi connectivity index (χ1n) is 5.43. The van der Waals surface area contributed by atoms with Crippen molar-refractivity contribution in [2.45, 2.75) is 6.92 Å². The molecule has 5 heteroatoms. The van der Waals surface area contributed by atoms with Crippen LogP contribution in [0.1, 0.15) is 17.3 Å². The van der Waals surface area contributed by atoms with Crippen LogP contribution in [0.2, 0.25) is 5.02 Å². The Kier molecular flexibility index (Phi) is 3.89. The van der Waals surface area contributed by atoms with Crippen LogP contribution in [0, 0.1) is 0 Å². The minimum Gasteiger partial charge on any atom is -0.462 e. The van der Waals surface area contributed by atoms with Crippen molar-refractivity contribution < 1.29 is 9.53 Å². The fraction of sp³-hybridized carbons (Fsp3) is 0.154. The van der Waals surface area contributed by atoms with Crippen LogP contribution in [0.25, 0.3) is 11.1 Å². The highest BCUT2D eigenvalue weighted by molar-refractivity contribution is 7.14. The van der Waals surface area contributed by atoms with Gasteiger partial charge in [-0.25, -0.2) is 4.79 Å². The zero-order valence-electron chi connectivity index (χ0n) is 9.77. The number of esters is 1. The van der Waals surface area contributed by atoms with Gasteiger partial charge in [0.1, 0.15) is 10.6 Å². The summed E-state index contributed by atoms with van der Waals surface area (Å²) in [5.41, 5.74) is 7.88. The van der Waals surface area contributed by atoms with Gasteiger partial charge in [-0.15, -0.1) is 11.3 Å². The van der Waals surface area contributed by atoms with E-state index in [2.05, 4.69) is 0 Å². The summed E-state index contributed by atoms with van der Waals surface area (Å²) >= 11 is 7.27. The van der Waals surface area contributed by atoms with E-state index in [0.717, 1.165) is 11.1 Å². The average molecular weight is 282 g/mol. The quantitative estimate of drug-likeness (QED) is 0.870. The average Bonchev–Trinajstić information content (AvgIpc) is 2.71. The number of anilines is 1. The fourth-order valence-corrected chi connectivity index (χ4v) is 2.66. The maximum Gasteiger partial charge on any atom is 0.341 e. The minimum absolute atomic E-state index is 0.323. The van der Waals surface area contributed by atoms with Crippen LogP contribution < -0.4 is 5.73 Å². The molecule has 94 valence electrons. The number of carbonyl (C=O) groups excluding carboxylic acids is 1. The molecule has 18 heavy (non-hydrogen) atoms. The molecule has 0 unspecified atom stereocenters. The molecule has 1 aromatic carbocycles. The molecule has 0 saturated carbocycles. The molecule has 1 heterocycles. The van der Waals surface area contributed by atoms with Gasteiger partial charge in [0.2, 0.25) is 0 Å². The SMILES string of the molecule is CCOC(=O)c1c(-c2cccc(Cl)c2)csc1N. The monoisotopic (exact) mass is 281 g/mol. The zero-order chi connectivity index (χ0) is 13.1. The Bertz CT molecular complexity index is 580. The molecule has 2 rings (SSSR count). The molecular weight excluding hydrogens is 270 g/mol.